The zero-order valence-electron chi connectivity index (χ0n) is 15.9. The maximum absolute atomic E-state index is 12.8. The first-order chi connectivity index (χ1) is 14.3. The molecule has 2 aliphatic heterocycles. The van der Waals surface area contributed by atoms with E-state index < -0.39 is 10.0 Å². The summed E-state index contributed by atoms with van der Waals surface area (Å²) in [6.45, 7) is 0.758. The van der Waals surface area contributed by atoms with Gasteiger partial charge in [-0.15, -0.1) is 0 Å². The summed E-state index contributed by atoms with van der Waals surface area (Å²) in [5.41, 5.74) is 1.20. The van der Waals surface area contributed by atoms with Gasteiger partial charge in [0.25, 0.3) is 0 Å². The van der Waals surface area contributed by atoms with Crippen LogP contribution in [0.15, 0.2) is 36.4 Å². The van der Waals surface area contributed by atoms with Gasteiger partial charge in [-0.3, -0.25) is 4.79 Å². The molecule has 30 heavy (non-hydrogen) atoms. The molecule has 160 valence electrons. The smallest absolute Gasteiger partial charge is 0.231 e. The van der Waals surface area contributed by atoms with Gasteiger partial charge in [0, 0.05) is 30.8 Å². The molecule has 0 aliphatic carbocycles. The SMILES string of the molecule is O=C(Nc1ccc2c(c1)OCO2)C1CCN(S(=O)(=O)Cc2ccc(Cl)c(Cl)c2)CC1. The number of nitrogens with zero attached hydrogens (tertiary/aromatic N) is 1. The monoisotopic (exact) mass is 470 g/mol. The number of carbonyl (C=O) groups is 1. The number of anilines is 1. The van der Waals surface area contributed by atoms with E-state index in [2.05, 4.69) is 5.32 Å². The number of ether oxygens (including phenoxy) is 2. The van der Waals surface area contributed by atoms with Crippen LogP contribution in [0.2, 0.25) is 10.0 Å². The molecular formula is C20H20Cl2N2O5S. The molecule has 1 amide bonds. The molecule has 4 rings (SSSR count). The summed E-state index contributed by atoms with van der Waals surface area (Å²) in [6.07, 6.45) is 0.911. The molecule has 1 fully saturated rings. The first-order valence-electron chi connectivity index (χ1n) is 9.44. The average molecular weight is 471 g/mol. The topological polar surface area (TPSA) is 84.9 Å². The first kappa shape index (κ1) is 21.2. The van der Waals surface area contributed by atoms with Gasteiger partial charge < -0.3 is 14.8 Å². The lowest BCUT2D eigenvalue weighted by atomic mass is 9.97. The minimum absolute atomic E-state index is 0.129. The zero-order chi connectivity index (χ0) is 21.3. The van der Waals surface area contributed by atoms with E-state index in [1.54, 1.807) is 36.4 Å². The van der Waals surface area contributed by atoms with E-state index in [0.29, 0.717) is 58.7 Å². The first-order valence-corrected chi connectivity index (χ1v) is 11.8. The summed E-state index contributed by atoms with van der Waals surface area (Å²) in [6, 6.07) is 10.0. The average Bonchev–Trinajstić information content (AvgIpc) is 3.18. The van der Waals surface area contributed by atoms with Crippen LogP contribution in [0, 0.1) is 5.92 Å². The van der Waals surface area contributed by atoms with Gasteiger partial charge in [-0.2, -0.15) is 0 Å². The van der Waals surface area contributed by atoms with E-state index in [0.717, 1.165) is 0 Å². The number of piperidine rings is 1. The van der Waals surface area contributed by atoms with Crippen LogP contribution in [-0.4, -0.2) is 38.5 Å². The highest BCUT2D eigenvalue weighted by Crippen LogP contribution is 2.34. The van der Waals surface area contributed by atoms with Crippen molar-refractivity contribution < 1.29 is 22.7 Å². The second-order valence-corrected chi connectivity index (χ2v) is 10.0. The third-order valence-electron chi connectivity index (χ3n) is 5.19. The quantitative estimate of drug-likeness (QED) is 0.715. The van der Waals surface area contributed by atoms with Crippen LogP contribution in [0.1, 0.15) is 18.4 Å². The highest BCUT2D eigenvalue weighted by molar-refractivity contribution is 7.88. The molecule has 2 aromatic carbocycles. The van der Waals surface area contributed by atoms with Crippen molar-refractivity contribution in [2.45, 2.75) is 18.6 Å². The Bertz CT molecular complexity index is 1070. The molecule has 1 saturated heterocycles. The number of hydrogen-bond acceptors (Lipinski definition) is 5. The predicted molar refractivity (Wildman–Crippen MR) is 115 cm³/mol. The van der Waals surface area contributed by atoms with Crippen LogP contribution in [0.5, 0.6) is 11.5 Å². The van der Waals surface area contributed by atoms with Gasteiger partial charge >= 0.3 is 0 Å². The van der Waals surface area contributed by atoms with E-state index in [-0.39, 0.29) is 24.4 Å². The second-order valence-electron chi connectivity index (χ2n) is 7.24. The lowest BCUT2D eigenvalue weighted by molar-refractivity contribution is -0.120. The Morgan fingerprint density at radius 1 is 1.03 bits per heavy atom. The Hall–Kier alpha value is -2.00. The van der Waals surface area contributed by atoms with Crippen molar-refractivity contribution >= 4 is 44.8 Å². The molecule has 1 N–H and O–H groups in total. The molecule has 7 nitrogen and oxygen atoms in total. The fourth-order valence-electron chi connectivity index (χ4n) is 3.55. The van der Waals surface area contributed by atoms with Gasteiger partial charge in [-0.05, 0) is 42.7 Å². The number of sulfonamides is 1. The number of carbonyl (C=O) groups excluding carboxylic acids is 1. The minimum Gasteiger partial charge on any atom is -0.454 e. The lowest BCUT2D eigenvalue weighted by Gasteiger charge is -2.30. The van der Waals surface area contributed by atoms with Gasteiger partial charge in [0.2, 0.25) is 22.7 Å². The minimum atomic E-state index is -3.51. The highest BCUT2D eigenvalue weighted by atomic mass is 35.5. The molecule has 10 heteroatoms. The predicted octanol–water partition coefficient (Wildman–Crippen LogP) is 3.90. The summed E-state index contributed by atoms with van der Waals surface area (Å²) < 4.78 is 37.5. The van der Waals surface area contributed by atoms with Crippen LogP contribution in [0.25, 0.3) is 0 Å². The number of fused-ring (bicyclic) bond motifs is 1. The standard InChI is InChI=1S/C20H20Cl2N2O5S/c21-16-3-1-13(9-17(16)22)11-30(26,27)24-7-5-14(6-8-24)20(25)23-15-2-4-18-19(10-15)29-12-28-18/h1-4,9-10,14H,5-8,11-12H2,(H,23,25). The van der Waals surface area contributed by atoms with Crippen molar-refractivity contribution in [2.75, 3.05) is 25.2 Å². The fraction of sp³-hybridized carbons (Fsp3) is 0.350. The van der Waals surface area contributed by atoms with Crippen LogP contribution >= 0.6 is 23.2 Å². The molecule has 0 spiro atoms. The largest absolute Gasteiger partial charge is 0.454 e. The Morgan fingerprint density at radius 3 is 2.50 bits per heavy atom. The van der Waals surface area contributed by atoms with Crippen molar-refractivity contribution in [3.8, 4) is 11.5 Å². The lowest BCUT2D eigenvalue weighted by Crippen LogP contribution is -2.41. The number of amides is 1. The van der Waals surface area contributed by atoms with Gasteiger partial charge in [0.05, 0.1) is 15.8 Å². The van der Waals surface area contributed by atoms with Crippen molar-refractivity contribution in [1.82, 2.24) is 4.31 Å². The number of benzene rings is 2. The van der Waals surface area contributed by atoms with Crippen molar-refractivity contribution in [3.05, 3.63) is 52.0 Å². The number of halogens is 2. The summed E-state index contributed by atoms with van der Waals surface area (Å²) in [5.74, 6) is 0.699. The van der Waals surface area contributed by atoms with Crippen LogP contribution in [-0.2, 0) is 20.6 Å². The normalized spacial score (nSPS) is 17.1. The molecular weight excluding hydrogens is 451 g/mol. The van der Waals surface area contributed by atoms with Crippen molar-refractivity contribution in [2.24, 2.45) is 5.92 Å². The molecule has 0 aromatic heterocycles. The summed E-state index contributed by atoms with van der Waals surface area (Å²) in [7, 11) is -3.51. The van der Waals surface area contributed by atoms with Crippen molar-refractivity contribution in [1.29, 1.82) is 0 Å². The Balaban J connectivity index is 1.33. The van der Waals surface area contributed by atoms with E-state index in [1.807, 2.05) is 0 Å². The summed E-state index contributed by atoms with van der Waals surface area (Å²) in [4.78, 5) is 12.6. The fourth-order valence-corrected chi connectivity index (χ4v) is 5.42. The molecule has 0 atom stereocenters. The van der Waals surface area contributed by atoms with Crippen molar-refractivity contribution in [3.63, 3.8) is 0 Å². The molecule has 0 radical (unpaired) electrons. The third kappa shape index (κ3) is 4.67. The highest BCUT2D eigenvalue weighted by Gasteiger charge is 2.31. The van der Waals surface area contributed by atoms with E-state index in [1.165, 1.54) is 4.31 Å². The Kier molecular flexibility index (Phi) is 6.11. The molecule has 0 saturated carbocycles. The molecule has 0 unspecified atom stereocenters. The Morgan fingerprint density at radius 2 is 1.77 bits per heavy atom. The molecule has 0 bridgehead atoms. The zero-order valence-corrected chi connectivity index (χ0v) is 18.3. The van der Waals surface area contributed by atoms with E-state index in [9.17, 15) is 13.2 Å². The van der Waals surface area contributed by atoms with Gasteiger partial charge in [0.1, 0.15) is 0 Å². The van der Waals surface area contributed by atoms with Gasteiger partial charge in [0.15, 0.2) is 11.5 Å². The number of nitrogens with one attached hydrogen (secondary N) is 1. The third-order valence-corrected chi connectivity index (χ3v) is 7.78. The second kappa shape index (κ2) is 8.63. The molecule has 2 aliphatic rings. The number of hydrogen-bond donors (Lipinski definition) is 1. The summed E-state index contributed by atoms with van der Waals surface area (Å²) >= 11 is 11.9. The van der Waals surface area contributed by atoms with E-state index >= 15 is 0 Å². The Labute approximate surface area is 184 Å². The maximum atomic E-state index is 12.8. The maximum Gasteiger partial charge on any atom is 0.231 e. The number of rotatable bonds is 5. The van der Waals surface area contributed by atoms with Crippen LogP contribution < -0.4 is 14.8 Å². The van der Waals surface area contributed by atoms with Gasteiger partial charge in [-0.1, -0.05) is 29.3 Å². The molecule has 2 heterocycles. The van der Waals surface area contributed by atoms with E-state index in [4.69, 9.17) is 32.7 Å². The molecule has 2 aromatic rings. The summed E-state index contributed by atoms with van der Waals surface area (Å²) in [5, 5.41) is 3.58. The van der Waals surface area contributed by atoms with Crippen LogP contribution in [0.4, 0.5) is 5.69 Å². The van der Waals surface area contributed by atoms with Gasteiger partial charge in [-0.25, -0.2) is 12.7 Å². The van der Waals surface area contributed by atoms with Crippen LogP contribution in [0.3, 0.4) is 0 Å².